The summed E-state index contributed by atoms with van der Waals surface area (Å²) in [4.78, 5) is 2.21. The predicted molar refractivity (Wildman–Crippen MR) is 83.0 cm³/mol. The molecule has 1 aromatic heterocycles. The molecule has 3 nitrogen and oxygen atoms in total. The summed E-state index contributed by atoms with van der Waals surface area (Å²) in [6.45, 7) is 3.94. The lowest BCUT2D eigenvalue weighted by molar-refractivity contribution is 0.800. The smallest absolute Gasteiger partial charge is 0.151 e. The Morgan fingerprint density at radius 2 is 2.05 bits per heavy atom. The van der Waals surface area contributed by atoms with Crippen LogP contribution >= 0.6 is 11.6 Å². The molecule has 0 radical (unpaired) electrons. The lowest BCUT2D eigenvalue weighted by Gasteiger charge is -2.27. The van der Waals surface area contributed by atoms with Crippen molar-refractivity contribution in [2.75, 3.05) is 18.0 Å². The summed E-state index contributed by atoms with van der Waals surface area (Å²) in [5.41, 5.74) is 4.04. The molecule has 0 aliphatic carbocycles. The van der Waals surface area contributed by atoms with Crippen LogP contribution in [0, 0.1) is 6.92 Å². The first-order valence-corrected chi connectivity index (χ1v) is 7.10. The second-order valence-corrected chi connectivity index (χ2v) is 5.40. The van der Waals surface area contributed by atoms with E-state index in [4.69, 9.17) is 11.6 Å². The number of rotatable bonds is 2. The second-order valence-electron chi connectivity index (χ2n) is 5.01. The van der Waals surface area contributed by atoms with E-state index in [9.17, 15) is 0 Å². The molecule has 1 aliphatic rings. The topological polar surface area (TPSA) is 29.0 Å². The number of anilines is 1. The van der Waals surface area contributed by atoms with Crippen molar-refractivity contribution in [1.29, 1.82) is 0 Å². The molecule has 2 aromatic rings. The van der Waals surface area contributed by atoms with Crippen molar-refractivity contribution >= 4 is 23.0 Å². The van der Waals surface area contributed by atoms with E-state index < -0.39 is 0 Å². The zero-order chi connectivity index (χ0) is 13.9. The highest BCUT2D eigenvalue weighted by molar-refractivity contribution is 6.29. The fourth-order valence-electron chi connectivity index (χ4n) is 2.46. The van der Waals surface area contributed by atoms with E-state index in [1.807, 2.05) is 6.07 Å². The van der Waals surface area contributed by atoms with Gasteiger partial charge in [-0.25, -0.2) is 0 Å². The predicted octanol–water partition coefficient (Wildman–Crippen LogP) is 3.73. The molecule has 20 heavy (non-hydrogen) atoms. The SMILES string of the molecule is Cc1cccc(C2=CCN(c3ccc(Cl)nn3)CC2)c1. The van der Waals surface area contributed by atoms with Crippen LogP contribution in [0.15, 0.2) is 42.5 Å². The Hall–Kier alpha value is -1.87. The molecule has 0 saturated heterocycles. The van der Waals surface area contributed by atoms with E-state index >= 15 is 0 Å². The maximum absolute atomic E-state index is 5.76. The maximum atomic E-state index is 5.76. The van der Waals surface area contributed by atoms with Gasteiger partial charge in [0.05, 0.1) is 0 Å². The fraction of sp³-hybridized carbons (Fsp3) is 0.250. The van der Waals surface area contributed by atoms with Crippen molar-refractivity contribution in [2.24, 2.45) is 0 Å². The summed E-state index contributed by atoms with van der Waals surface area (Å²) >= 11 is 5.76. The summed E-state index contributed by atoms with van der Waals surface area (Å²) in [6, 6.07) is 12.4. The molecule has 0 amide bonds. The molecule has 0 bridgehead atoms. The Bertz CT molecular complexity index is 634. The third kappa shape index (κ3) is 2.83. The number of hydrogen-bond donors (Lipinski definition) is 0. The summed E-state index contributed by atoms with van der Waals surface area (Å²) in [5, 5.41) is 8.46. The van der Waals surface area contributed by atoms with Crippen molar-refractivity contribution in [3.8, 4) is 0 Å². The third-order valence-corrected chi connectivity index (χ3v) is 3.74. The average Bonchev–Trinajstić information content (AvgIpc) is 2.48. The Morgan fingerprint density at radius 3 is 2.70 bits per heavy atom. The summed E-state index contributed by atoms with van der Waals surface area (Å²) in [6.07, 6.45) is 3.29. The van der Waals surface area contributed by atoms with Crippen LogP contribution in [0.25, 0.3) is 5.57 Å². The number of nitrogens with zero attached hydrogens (tertiary/aromatic N) is 3. The van der Waals surface area contributed by atoms with Crippen LogP contribution < -0.4 is 4.90 Å². The van der Waals surface area contributed by atoms with E-state index in [-0.39, 0.29) is 0 Å². The van der Waals surface area contributed by atoms with Crippen LogP contribution in [0.5, 0.6) is 0 Å². The highest BCUT2D eigenvalue weighted by atomic mass is 35.5. The number of halogens is 1. The molecule has 4 heteroatoms. The molecule has 2 heterocycles. The number of hydrogen-bond acceptors (Lipinski definition) is 3. The standard InChI is InChI=1S/C16H16ClN3/c1-12-3-2-4-14(11-12)13-7-9-20(10-8-13)16-6-5-15(17)18-19-16/h2-7,11H,8-10H2,1H3. The highest BCUT2D eigenvalue weighted by Gasteiger charge is 2.14. The van der Waals surface area contributed by atoms with Crippen LogP contribution in [0.4, 0.5) is 5.82 Å². The van der Waals surface area contributed by atoms with Gasteiger partial charge >= 0.3 is 0 Å². The quantitative estimate of drug-likeness (QED) is 0.842. The van der Waals surface area contributed by atoms with Crippen molar-refractivity contribution in [1.82, 2.24) is 10.2 Å². The molecule has 1 aliphatic heterocycles. The molecular formula is C16H16ClN3. The van der Waals surface area contributed by atoms with E-state index in [2.05, 4.69) is 52.4 Å². The second kappa shape index (κ2) is 5.63. The van der Waals surface area contributed by atoms with E-state index in [0.717, 1.165) is 25.3 Å². The van der Waals surface area contributed by atoms with Gasteiger partial charge in [0, 0.05) is 13.1 Å². The van der Waals surface area contributed by atoms with E-state index in [1.54, 1.807) is 6.07 Å². The van der Waals surface area contributed by atoms with Crippen molar-refractivity contribution in [2.45, 2.75) is 13.3 Å². The van der Waals surface area contributed by atoms with Crippen LogP contribution in [0.1, 0.15) is 17.5 Å². The minimum absolute atomic E-state index is 0.432. The van der Waals surface area contributed by atoms with Crippen LogP contribution in [0.3, 0.4) is 0 Å². The lowest BCUT2D eigenvalue weighted by atomic mass is 9.98. The van der Waals surface area contributed by atoms with Gasteiger partial charge < -0.3 is 4.90 Å². The molecule has 102 valence electrons. The van der Waals surface area contributed by atoms with Crippen LogP contribution in [0.2, 0.25) is 5.15 Å². The largest absolute Gasteiger partial charge is 0.351 e. The first-order valence-electron chi connectivity index (χ1n) is 6.72. The number of benzene rings is 1. The van der Waals surface area contributed by atoms with Gasteiger partial charge in [-0.15, -0.1) is 10.2 Å². The zero-order valence-electron chi connectivity index (χ0n) is 11.4. The van der Waals surface area contributed by atoms with Gasteiger partial charge in [-0.2, -0.15) is 0 Å². The summed E-state index contributed by atoms with van der Waals surface area (Å²) in [5.74, 6) is 0.883. The number of aryl methyl sites for hydroxylation is 1. The van der Waals surface area contributed by atoms with Gasteiger partial charge in [-0.1, -0.05) is 47.5 Å². The monoisotopic (exact) mass is 285 g/mol. The molecule has 0 saturated carbocycles. The number of aromatic nitrogens is 2. The van der Waals surface area contributed by atoms with Gasteiger partial charge in [-0.3, -0.25) is 0 Å². The minimum atomic E-state index is 0.432. The molecule has 0 N–H and O–H groups in total. The van der Waals surface area contributed by atoms with E-state index in [1.165, 1.54) is 16.7 Å². The first-order chi connectivity index (χ1) is 9.72. The summed E-state index contributed by atoms with van der Waals surface area (Å²) < 4.78 is 0. The van der Waals surface area contributed by atoms with E-state index in [0.29, 0.717) is 5.15 Å². The molecule has 1 aromatic carbocycles. The Kier molecular flexibility index (Phi) is 3.70. The van der Waals surface area contributed by atoms with Crippen LogP contribution in [-0.4, -0.2) is 23.3 Å². The molecule has 3 rings (SSSR count). The van der Waals surface area contributed by atoms with Crippen molar-refractivity contribution in [3.05, 3.63) is 58.8 Å². The molecule has 0 spiro atoms. The molecule has 0 unspecified atom stereocenters. The Balaban J connectivity index is 1.76. The lowest BCUT2D eigenvalue weighted by Crippen LogP contribution is -2.29. The average molecular weight is 286 g/mol. The first kappa shape index (κ1) is 13.1. The van der Waals surface area contributed by atoms with Gasteiger partial charge in [-0.05, 0) is 36.6 Å². The molecule has 0 fully saturated rings. The molecule has 0 atom stereocenters. The zero-order valence-corrected chi connectivity index (χ0v) is 12.1. The van der Waals surface area contributed by atoms with Gasteiger partial charge in [0.25, 0.3) is 0 Å². The van der Waals surface area contributed by atoms with Crippen LogP contribution in [-0.2, 0) is 0 Å². The summed E-state index contributed by atoms with van der Waals surface area (Å²) in [7, 11) is 0. The Morgan fingerprint density at radius 1 is 1.15 bits per heavy atom. The minimum Gasteiger partial charge on any atom is -0.351 e. The fourth-order valence-corrected chi connectivity index (χ4v) is 2.56. The maximum Gasteiger partial charge on any atom is 0.151 e. The van der Waals surface area contributed by atoms with Crippen molar-refractivity contribution < 1.29 is 0 Å². The highest BCUT2D eigenvalue weighted by Crippen LogP contribution is 2.25. The van der Waals surface area contributed by atoms with Gasteiger partial charge in [0.2, 0.25) is 0 Å². The Labute approximate surface area is 123 Å². The van der Waals surface area contributed by atoms with Gasteiger partial charge in [0.1, 0.15) is 0 Å². The normalized spacial score (nSPS) is 15.1. The molecular weight excluding hydrogens is 270 g/mol. The third-order valence-electron chi connectivity index (χ3n) is 3.54. The van der Waals surface area contributed by atoms with Crippen molar-refractivity contribution in [3.63, 3.8) is 0 Å². The van der Waals surface area contributed by atoms with Gasteiger partial charge in [0.15, 0.2) is 11.0 Å².